The summed E-state index contributed by atoms with van der Waals surface area (Å²) in [6, 6.07) is 7.57. The molecule has 2 fully saturated rings. The van der Waals surface area contributed by atoms with E-state index in [-0.39, 0.29) is 12.2 Å². The number of fused-ring (bicyclic) bond motifs is 2. The SMILES string of the molecule is O=C(O)C1(c2ccc(Br)cc2)CC2CCC1O2. The maximum absolute atomic E-state index is 11.7. The number of rotatable bonds is 2. The fourth-order valence-electron chi connectivity index (χ4n) is 3.11. The van der Waals surface area contributed by atoms with Gasteiger partial charge in [0.2, 0.25) is 0 Å². The van der Waals surface area contributed by atoms with Crippen molar-refractivity contribution < 1.29 is 14.6 Å². The lowest BCUT2D eigenvalue weighted by atomic mass is 9.69. The molecule has 3 rings (SSSR count). The van der Waals surface area contributed by atoms with Gasteiger partial charge in [-0.2, -0.15) is 0 Å². The van der Waals surface area contributed by atoms with Gasteiger partial charge in [-0.3, -0.25) is 4.79 Å². The van der Waals surface area contributed by atoms with E-state index in [0.29, 0.717) is 6.42 Å². The molecular weight excluding hydrogens is 284 g/mol. The van der Waals surface area contributed by atoms with E-state index in [4.69, 9.17) is 4.74 Å². The standard InChI is InChI=1S/C13H13BrO3/c14-9-3-1-8(2-4-9)13(12(15)16)7-10-5-6-11(13)17-10/h1-4,10-11H,5-7H2,(H,15,16). The van der Waals surface area contributed by atoms with Gasteiger partial charge in [-0.1, -0.05) is 28.1 Å². The van der Waals surface area contributed by atoms with Crippen LogP contribution in [0.3, 0.4) is 0 Å². The Morgan fingerprint density at radius 1 is 1.35 bits per heavy atom. The van der Waals surface area contributed by atoms with E-state index in [2.05, 4.69) is 15.9 Å². The Hall–Kier alpha value is -0.870. The summed E-state index contributed by atoms with van der Waals surface area (Å²) in [4.78, 5) is 11.7. The summed E-state index contributed by atoms with van der Waals surface area (Å²) in [6.07, 6.45) is 2.42. The number of carbonyl (C=O) groups is 1. The first kappa shape index (κ1) is 11.2. The Balaban J connectivity index is 2.07. The van der Waals surface area contributed by atoms with E-state index in [0.717, 1.165) is 22.9 Å². The zero-order valence-electron chi connectivity index (χ0n) is 9.23. The molecule has 0 saturated carbocycles. The van der Waals surface area contributed by atoms with Crippen molar-refractivity contribution in [2.75, 3.05) is 0 Å². The first-order chi connectivity index (χ1) is 8.13. The minimum atomic E-state index is -0.830. The lowest BCUT2D eigenvalue weighted by Gasteiger charge is -2.31. The predicted molar refractivity (Wildman–Crippen MR) is 66.0 cm³/mol. The number of halogens is 1. The van der Waals surface area contributed by atoms with E-state index in [1.165, 1.54) is 0 Å². The fourth-order valence-corrected chi connectivity index (χ4v) is 3.37. The average Bonchev–Trinajstić information content (AvgIpc) is 2.90. The van der Waals surface area contributed by atoms with Gasteiger partial charge in [0.15, 0.2) is 0 Å². The van der Waals surface area contributed by atoms with Crippen LogP contribution in [0, 0.1) is 0 Å². The Morgan fingerprint density at radius 2 is 2.06 bits per heavy atom. The van der Waals surface area contributed by atoms with Gasteiger partial charge in [0, 0.05) is 4.47 Å². The van der Waals surface area contributed by atoms with E-state index in [1.807, 2.05) is 24.3 Å². The van der Waals surface area contributed by atoms with Gasteiger partial charge in [-0.05, 0) is 37.0 Å². The number of carboxylic acid groups (broad SMARTS) is 1. The van der Waals surface area contributed by atoms with Gasteiger partial charge in [0.05, 0.1) is 12.2 Å². The molecule has 0 radical (unpaired) electrons. The summed E-state index contributed by atoms with van der Waals surface area (Å²) in [6.45, 7) is 0. The minimum Gasteiger partial charge on any atom is -0.481 e. The van der Waals surface area contributed by atoms with Gasteiger partial charge >= 0.3 is 5.97 Å². The second kappa shape index (κ2) is 3.82. The minimum absolute atomic E-state index is 0.125. The van der Waals surface area contributed by atoms with Crippen LogP contribution in [-0.4, -0.2) is 23.3 Å². The van der Waals surface area contributed by atoms with E-state index in [9.17, 15) is 9.90 Å². The molecule has 3 unspecified atom stereocenters. The predicted octanol–water partition coefficient (Wildman–Crippen LogP) is 2.72. The van der Waals surface area contributed by atoms with Crippen molar-refractivity contribution in [2.45, 2.75) is 36.9 Å². The number of hydrogen-bond donors (Lipinski definition) is 1. The van der Waals surface area contributed by atoms with Crippen LogP contribution >= 0.6 is 15.9 Å². The van der Waals surface area contributed by atoms with Crippen LogP contribution in [0.25, 0.3) is 0 Å². The van der Waals surface area contributed by atoms with Crippen molar-refractivity contribution in [2.24, 2.45) is 0 Å². The third-order valence-electron chi connectivity index (χ3n) is 3.95. The number of benzene rings is 1. The number of carboxylic acids is 1. The van der Waals surface area contributed by atoms with Crippen LogP contribution in [0.15, 0.2) is 28.7 Å². The monoisotopic (exact) mass is 296 g/mol. The van der Waals surface area contributed by atoms with Crippen molar-refractivity contribution in [3.05, 3.63) is 34.3 Å². The molecule has 0 aromatic heterocycles. The lowest BCUT2D eigenvalue weighted by Crippen LogP contribution is -2.44. The number of ether oxygens (including phenoxy) is 1. The molecule has 2 aliphatic rings. The average molecular weight is 297 g/mol. The molecule has 2 aliphatic heterocycles. The maximum Gasteiger partial charge on any atom is 0.316 e. The van der Waals surface area contributed by atoms with Crippen LogP contribution in [0.5, 0.6) is 0 Å². The fraction of sp³-hybridized carbons (Fsp3) is 0.462. The number of aliphatic carboxylic acids is 1. The molecule has 3 nitrogen and oxygen atoms in total. The molecule has 1 aromatic carbocycles. The first-order valence-corrected chi connectivity index (χ1v) is 6.57. The van der Waals surface area contributed by atoms with Gasteiger partial charge in [0.25, 0.3) is 0 Å². The Labute approximate surface area is 108 Å². The molecular formula is C13H13BrO3. The Morgan fingerprint density at radius 3 is 2.53 bits per heavy atom. The molecule has 0 amide bonds. The van der Waals surface area contributed by atoms with Crippen LogP contribution in [-0.2, 0) is 14.9 Å². The third-order valence-corrected chi connectivity index (χ3v) is 4.48. The summed E-state index contributed by atoms with van der Waals surface area (Å²) in [7, 11) is 0. The van der Waals surface area contributed by atoms with Crippen LogP contribution in [0.4, 0.5) is 0 Å². The molecule has 2 saturated heterocycles. The molecule has 1 aromatic rings. The van der Waals surface area contributed by atoms with Crippen molar-refractivity contribution in [1.82, 2.24) is 0 Å². The summed E-state index contributed by atoms with van der Waals surface area (Å²) in [5.41, 5.74) is 0.0317. The third kappa shape index (κ3) is 1.54. The van der Waals surface area contributed by atoms with Gasteiger partial charge < -0.3 is 9.84 Å². The van der Waals surface area contributed by atoms with Crippen molar-refractivity contribution in [3.8, 4) is 0 Å². The highest BCUT2D eigenvalue weighted by Gasteiger charge is 2.58. The molecule has 90 valence electrons. The quantitative estimate of drug-likeness (QED) is 0.913. The summed E-state index contributed by atoms with van der Waals surface area (Å²) in [5, 5.41) is 9.62. The van der Waals surface area contributed by atoms with E-state index < -0.39 is 11.4 Å². The highest BCUT2D eigenvalue weighted by molar-refractivity contribution is 9.10. The molecule has 2 bridgehead atoms. The molecule has 17 heavy (non-hydrogen) atoms. The Bertz CT molecular complexity index is 456. The zero-order chi connectivity index (χ0) is 12.0. The van der Waals surface area contributed by atoms with Crippen LogP contribution < -0.4 is 0 Å². The molecule has 0 spiro atoms. The van der Waals surface area contributed by atoms with Crippen molar-refractivity contribution in [3.63, 3.8) is 0 Å². The summed E-state index contributed by atoms with van der Waals surface area (Å²) < 4.78 is 6.71. The highest BCUT2D eigenvalue weighted by atomic mass is 79.9. The van der Waals surface area contributed by atoms with Gasteiger partial charge in [0.1, 0.15) is 5.41 Å². The first-order valence-electron chi connectivity index (χ1n) is 5.78. The molecule has 0 aliphatic carbocycles. The van der Waals surface area contributed by atoms with Crippen LogP contribution in [0.2, 0.25) is 0 Å². The maximum atomic E-state index is 11.7. The molecule has 1 N–H and O–H groups in total. The largest absolute Gasteiger partial charge is 0.481 e. The van der Waals surface area contributed by atoms with E-state index >= 15 is 0 Å². The summed E-state index contributed by atoms with van der Waals surface area (Å²) in [5.74, 6) is -0.757. The highest BCUT2D eigenvalue weighted by Crippen LogP contribution is 2.49. The molecule has 3 atom stereocenters. The second-order valence-electron chi connectivity index (χ2n) is 4.81. The topological polar surface area (TPSA) is 46.5 Å². The second-order valence-corrected chi connectivity index (χ2v) is 5.73. The lowest BCUT2D eigenvalue weighted by molar-refractivity contribution is -0.146. The van der Waals surface area contributed by atoms with Crippen molar-refractivity contribution >= 4 is 21.9 Å². The Kier molecular flexibility index (Phi) is 2.52. The van der Waals surface area contributed by atoms with Gasteiger partial charge in [-0.15, -0.1) is 0 Å². The smallest absolute Gasteiger partial charge is 0.316 e. The number of hydrogen-bond acceptors (Lipinski definition) is 2. The molecule has 4 heteroatoms. The van der Waals surface area contributed by atoms with Crippen LogP contribution in [0.1, 0.15) is 24.8 Å². The van der Waals surface area contributed by atoms with Gasteiger partial charge in [-0.25, -0.2) is 0 Å². The van der Waals surface area contributed by atoms with Crippen molar-refractivity contribution in [1.29, 1.82) is 0 Å². The summed E-state index contributed by atoms with van der Waals surface area (Å²) >= 11 is 3.37. The zero-order valence-corrected chi connectivity index (χ0v) is 10.8. The molecule has 2 heterocycles. The van der Waals surface area contributed by atoms with E-state index in [1.54, 1.807) is 0 Å². The normalized spacial score (nSPS) is 35.1.